The fourth-order valence-corrected chi connectivity index (χ4v) is 2.02. The van der Waals surface area contributed by atoms with Crippen LogP contribution in [0.15, 0.2) is 5.38 Å². The molecule has 2 amide bonds. The van der Waals surface area contributed by atoms with Crippen LogP contribution < -0.4 is 5.32 Å². The molecule has 0 atom stereocenters. The molecule has 104 valence electrons. The van der Waals surface area contributed by atoms with Gasteiger partial charge in [0.15, 0.2) is 5.13 Å². The van der Waals surface area contributed by atoms with Crippen LogP contribution in [0.4, 0.5) is 5.13 Å². The molecule has 1 rings (SSSR count). The van der Waals surface area contributed by atoms with E-state index < -0.39 is 5.97 Å². The maximum Gasteiger partial charge on any atom is 0.325 e. The largest absolute Gasteiger partial charge is 0.468 e. The van der Waals surface area contributed by atoms with Crippen LogP contribution in [0.5, 0.6) is 0 Å². The second kappa shape index (κ2) is 6.83. The summed E-state index contributed by atoms with van der Waals surface area (Å²) in [6.07, 6.45) is 0. The zero-order valence-electron chi connectivity index (χ0n) is 10.9. The van der Waals surface area contributed by atoms with E-state index in [0.717, 1.165) is 11.3 Å². The van der Waals surface area contributed by atoms with Gasteiger partial charge in [-0.25, -0.2) is 4.98 Å². The number of nitrogens with one attached hydrogen (secondary N) is 1. The summed E-state index contributed by atoms with van der Waals surface area (Å²) in [4.78, 5) is 39.4. The van der Waals surface area contributed by atoms with Gasteiger partial charge in [0.1, 0.15) is 12.2 Å². The predicted molar refractivity (Wildman–Crippen MR) is 70.0 cm³/mol. The number of anilines is 1. The molecule has 0 saturated heterocycles. The molecular weight excluding hydrogens is 270 g/mol. The molecule has 0 spiro atoms. The van der Waals surface area contributed by atoms with Gasteiger partial charge in [0.05, 0.1) is 7.11 Å². The van der Waals surface area contributed by atoms with Crippen LogP contribution in [0.3, 0.4) is 0 Å². The van der Waals surface area contributed by atoms with E-state index >= 15 is 0 Å². The third-order valence-corrected chi connectivity index (χ3v) is 2.98. The van der Waals surface area contributed by atoms with Crippen LogP contribution in [0.1, 0.15) is 24.3 Å². The van der Waals surface area contributed by atoms with Gasteiger partial charge < -0.3 is 15.0 Å². The zero-order valence-corrected chi connectivity index (χ0v) is 11.7. The molecule has 1 N–H and O–H groups in total. The molecule has 0 saturated carbocycles. The minimum absolute atomic E-state index is 0.126. The number of carbonyl (C=O) groups excluding carboxylic acids is 3. The number of thiazole rings is 1. The molecular formula is C11H15N3O4S. The first-order valence-corrected chi connectivity index (χ1v) is 6.45. The van der Waals surface area contributed by atoms with Gasteiger partial charge in [-0.1, -0.05) is 0 Å². The van der Waals surface area contributed by atoms with Gasteiger partial charge in [-0.05, 0) is 6.92 Å². The number of carbonyl (C=O) groups is 3. The third-order valence-electron chi connectivity index (χ3n) is 2.22. The minimum Gasteiger partial charge on any atom is -0.468 e. The van der Waals surface area contributed by atoms with Crippen molar-refractivity contribution >= 4 is 34.3 Å². The van der Waals surface area contributed by atoms with Crippen LogP contribution in [-0.2, 0) is 14.3 Å². The Morgan fingerprint density at radius 2 is 2.16 bits per heavy atom. The van der Waals surface area contributed by atoms with Crippen LogP contribution in [0, 0.1) is 0 Å². The summed E-state index contributed by atoms with van der Waals surface area (Å²) in [6, 6.07) is 0. The van der Waals surface area contributed by atoms with E-state index in [2.05, 4.69) is 15.0 Å². The normalized spacial score (nSPS) is 9.84. The van der Waals surface area contributed by atoms with Crippen molar-refractivity contribution in [1.29, 1.82) is 0 Å². The van der Waals surface area contributed by atoms with E-state index in [-0.39, 0.29) is 24.1 Å². The summed E-state index contributed by atoms with van der Waals surface area (Å²) in [7, 11) is 1.26. The molecule has 0 aliphatic carbocycles. The highest BCUT2D eigenvalue weighted by Gasteiger charge is 2.20. The lowest BCUT2D eigenvalue weighted by Gasteiger charge is -2.17. The van der Waals surface area contributed by atoms with Gasteiger partial charge in [-0.3, -0.25) is 14.4 Å². The van der Waals surface area contributed by atoms with Gasteiger partial charge in [-0.15, -0.1) is 11.3 Å². The first kappa shape index (κ1) is 15.1. The molecule has 0 aliphatic rings. The Kier molecular flexibility index (Phi) is 5.43. The number of rotatable bonds is 5. The second-order valence-corrected chi connectivity index (χ2v) is 4.47. The topological polar surface area (TPSA) is 88.6 Å². The quantitative estimate of drug-likeness (QED) is 0.806. The first-order chi connectivity index (χ1) is 8.97. The van der Waals surface area contributed by atoms with Gasteiger partial charge in [-0.2, -0.15) is 0 Å². The summed E-state index contributed by atoms with van der Waals surface area (Å²) < 4.78 is 4.52. The monoisotopic (exact) mass is 285 g/mol. The maximum absolute atomic E-state index is 12.1. The van der Waals surface area contributed by atoms with Crippen LogP contribution in [0.25, 0.3) is 0 Å². The number of ether oxygens (including phenoxy) is 1. The van der Waals surface area contributed by atoms with Gasteiger partial charge in [0.2, 0.25) is 5.91 Å². The molecule has 0 aliphatic heterocycles. The minimum atomic E-state index is -0.493. The van der Waals surface area contributed by atoms with E-state index in [1.165, 1.54) is 24.3 Å². The van der Waals surface area contributed by atoms with Crippen molar-refractivity contribution in [2.24, 2.45) is 0 Å². The Labute approximate surface area is 114 Å². The first-order valence-electron chi connectivity index (χ1n) is 5.57. The molecule has 19 heavy (non-hydrogen) atoms. The van der Waals surface area contributed by atoms with Crippen molar-refractivity contribution in [2.75, 3.05) is 25.5 Å². The summed E-state index contributed by atoms with van der Waals surface area (Å²) >= 11 is 1.15. The van der Waals surface area contributed by atoms with E-state index in [1.807, 2.05) is 0 Å². The number of esters is 1. The molecule has 1 heterocycles. The number of hydrogen-bond donors (Lipinski definition) is 1. The van der Waals surface area contributed by atoms with Crippen LogP contribution in [-0.4, -0.2) is 47.9 Å². The lowest BCUT2D eigenvalue weighted by molar-refractivity contribution is -0.141. The number of amides is 2. The Morgan fingerprint density at radius 3 is 2.68 bits per heavy atom. The molecule has 0 unspecified atom stereocenters. The Morgan fingerprint density at radius 1 is 1.47 bits per heavy atom. The Hall–Kier alpha value is -1.96. The van der Waals surface area contributed by atoms with E-state index in [9.17, 15) is 14.4 Å². The molecule has 0 fully saturated rings. The number of likely N-dealkylation sites (N-methyl/N-ethyl adjacent to an activating group) is 1. The average Bonchev–Trinajstić information content (AvgIpc) is 2.82. The molecule has 0 radical (unpaired) electrons. The summed E-state index contributed by atoms with van der Waals surface area (Å²) in [5, 5.41) is 4.38. The highest BCUT2D eigenvalue weighted by molar-refractivity contribution is 7.14. The lowest BCUT2D eigenvalue weighted by Crippen LogP contribution is -2.36. The smallest absolute Gasteiger partial charge is 0.325 e. The van der Waals surface area contributed by atoms with Crippen molar-refractivity contribution < 1.29 is 19.1 Å². The summed E-state index contributed by atoms with van der Waals surface area (Å²) in [6.45, 7) is 3.35. The number of hydrogen-bond acceptors (Lipinski definition) is 6. The maximum atomic E-state index is 12.1. The fourth-order valence-electron chi connectivity index (χ4n) is 1.29. The predicted octanol–water partition coefficient (Wildman–Crippen LogP) is 0.737. The summed E-state index contributed by atoms with van der Waals surface area (Å²) in [5.74, 6) is -1.12. The molecule has 0 aromatic carbocycles. The zero-order chi connectivity index (χ0) is 14.4. The molecule has 1 aromatic heterocycles. The molecule has 8 heteroatoms. The van der Waals surface area contributed by atoms with Gasteiger partial charge in [0.25, 0.3) is 5.91 Å². The SMILES string of the molecule is CCN(CC(=O)OC)C(=O)c1csc(NC(C)=O)n1. The Bertz CT molecular complexity index is 486. The van der Waals surface area contributed by atoms with Crippen molar-refractivity contribution in [3.8, 4) is 0 Å². The lowest BCUT2D eigenvalue weighted by atomic mass is 10.4. The van der Waals surface area contributed by atoms with Crippen molar-refractivity contribution in [3.05, 3.63) is 11.1 Å². The van der Waals surface area contributed by atoms with Crippen molar-refractivity contribution in [2.45, 2.75) is 13.8 Å². The molecule has 7 nitrogen and oxygen atoms in total. The molecule has 0 bridgehead atoms. The van der Waals surface area contributed by atoms with E-state index in [1.54, 1.807) is 6.92 Å². The molecule has 1 aromatic rings. The summed E-state index contributed by atoms with van der Waals surface area (Å²) in [5.41, 5.74) is 0.194. The standard InChI is InChI=1S/C11H15N3O4S/c1-4-14(5-9(16)18-3)10(17)8-6-19-11(13-8)12-7(2)15/h6H,4-5H2,1-3H3,(H,12,13,15). The van der Waals surface area contributed by atoms with Crippen molar-refractivity contribution in [3.63, 3.8) is 0 Å². The number of nitrogens with zero attached hydrogens (tertiary/aromatic N) is 2. The Balaban J connectivity index is 2.77. The highest BCUT2D eigenvalue weighted by atomic mass is 32.1. The highest BCUT2D eigenvalue weighted by Crippen LogP contribution is 2.16. The fraction of sp³-hybridized carbons (Fsp3) is 0.455. The van der Waals surface area contributed by atoms with E-state index in [4.69, 9.17) is 0 Å². The average molecular weight is 285 g/mol. The number of aromatic nitrogens is 1. The van der Waals surface area contributed by atoms with Crippen LogP contribution in [0.2, 0.25) is 0 Å². The number of methoxy groups -OCH3 is 1. The van der Waals surface area contributed by atoms with Crippen LogP contribution >= 0.6 is 11.3 Å². The second-order valence-electron chi connectivity index (χ2n) is 3.61. The third kappa shape index (κ3) is 4.32. The van der Waals surface area contributed by atoms with Gasteiger partial charge in [0, 0.05) is 18.8 Å². The van der Waals surface area contributed by atoms with E-state index in [0.29, 0.717) is 11.7 Å². The van der Waals surface area contributed by atoms with Crippen molar-refractivity contribution in [1.82, 2.24) is 9.88 Å². The van der Waals surface area contributed by atoms with Gasteiger partial charge >= 0.3 is 5.97 Å².